The van der Waals surface area contributed by atoms with E-state index in [0.29, 0.717) is 17.4 Å². The number of rotatable bonds is 3. The van der Waals surface area contributed by atoms with Crippen molar-refractivity contribution in [3.63, 3.8) is 0 Å². The second-order valence-electron chi connectivity index (χ2n) is 6.95. The molecule has 4 rings (SSSR count). The molecule has 4 heteroatoms. The van der Waals surface area contributed by atoms with Gasteiger partial charge in [0.15, 0.2) is 0 Å². The SMILES string of the molecule is COC(=O)c1ccc2c(c1C)N[C@H](c1cccc(OC)c1)[C@H]1CC=C[C@H]21. The van der Waals surface area contributed by atoms with Crippen LogP contribution in [0.3, 0.4) is 0 Å². The molecule has 134 valence electrons. The largest absolute Gasteiger partial charge is 0.497 e. The maximum Gasteiger partial charge on any atom is 0.338 e. The predicted molar refractivity (Wildman–Crippen MR) is 102 cm³/mol. The lowest BCUT2D eigenvalue weighted by atomic mass is 9.76. The van der Waals surface area contributed by atoms with Crippen LogP contribution in [0.15, 0.2) is 48.6 Å². The van der Waals surface area contributed by atoms with Crippen LogP contribution in [-0.4, -0.2) is 20.2 Å². The van der Waals surface area contributed by atoms with Gasteiger partial charge in [-0.1, -0.05) is 30.4 Å². The highest BCUT2D eigenvalue weighted by molar-refractivity contribution is 5.93. The molecule has 0 bridgehead atoms. The van der Waals surface area contributed by atoms with E-state index in [1.54, 1.807) is 7.11 Å². The van der Waals surface area contributed by atoms with E-state index in [1.807, 2.05) is 25.1 Å². The van der Waals surface area contributed by atoms with Crippen LogP contribution in [0.5, 0.6) is 5.75 Å². The minimum Gasteiger partial charge on any atom is -0.497 e. The van der Waals surface area contributed by atoms with Crippen LogP contribution in [0.2, 0.25) is 0 Å². The van der Waals surface area contributed by atoms with E-state index in [0.717, 1.165) is 23.4 Å². The average molecular weight is 349 g/mol. The van der Waals surface area contributed by atoms with Gasteiger partial charge in [0.05, 0.1) is 25.8 Å². The Morgan fingerprint density at radius 2 is 2.04 bits per heavy atom. The number of fused-ring (bicyclic) bond motifs is 3. The fraction of sp³-hybridized carbons (Fsp3) is 0.318. The summed E-state index contributed by atoms with van der Waals surface area (Å²) in [6, 6.07) is 12.3. The molecule has 2 aromatic carbocycles. The van der Waals surface area contributed by atoms with Crippen LogP contribution >= 0.6 is 0 Å². The van der Waals surface area contributed by atoms with Crippen molar-refractivity contribution in [2.24, 2.45) is 5.92 Å². The maximum absolute atomic E-state index is 12.1. The zero-order valence-corrected chi connectivity index (χ0v) is 15.3. The number of allylic oxidation sites excluding steroid dienone is 2. The number of benzene rings is 2. The molecule has 2 aromatic rings. The summed E-state index contributed by atoms with van der Waals surface area (Å²) in [4.78, 5) is 12.1. The summed E-state index contributed by atoms with van der Waals surface area (Å²) in [7, 11) is 3.11. The Labute approximate surface area is 153 Å². The first-order valence-electron chi connectivity index (χ1n) is 8.93. The van der Waals surface area contributed by atoms with Gasteiger partial charge in [0.2, 0.25) is 0 Å². The first-order valence-corrected chi connectivity index (χ1v) is 8.93. The first kappa shape index (κ1) is 16.7. The third kappa shape index (κ3) is 2.57. The van der Waals surface area contributed by atoms with E-state index < -0.39 is 0 Å². The number of carbonyl (C=O) groups excluding carboxylic acids is 1. The monoisotopic (exact) mass is 349 g/mol. The maximum atomic E-state index is 12.1. The van der Waals surface area contributed by atoms with Gasteiger partial charge in [-0.2, -0.15) is 0 Å². The number of methoxy groups -OCH3 is 2. The van der Waals surface area contributed by atoms with Gasteiger partial charge >= 0.3 is 5.97 Å². The van der Waals surface area contributed by atoms with Crippen molar-refractivity contribution in [3.05, 3.63) is 70.8 Å². The van der Waals surface area contributed by atoms with E-state index in [4.69, 9.17) is 9.47 Å². The molecule has 0 aromatic heterocycles. The lowest BCUT2D eigenvalue weighted by Gasteiger charge is -2.38. The molecule has 0 unspecified atom stereocenters. The normalized spacial score (nSPS) is 23.0. The average Bonchev–Trinajstić information content (AvgIpc) is 3.17. The standard InChI is InChI=1S/C22H23NO3/c1-13-16(22(24)26-3)10-11-19-17-8-5-9-18(17)21(23-20(13)19)14-6-4-7-15(12-14)25-2/h4-8,10-12,17-18,21,23H,9H2,1-3H3/t17-,18-,21+/m0/s1. The molecule has 2 aliphatic rings. The van der Waals surface area contributed by atoms with Gasteiger partial charge < -0.3 is 14.8 Å². The Kier molecular flexibility index (Phi) is 4.19. The molecule has 1 aliphatic heterocycles. The van der Waals surface area contributed by atoms with Gasteiger partial charge in [-0.25, -0.2) is 4.79 Å². The fourth-order valence-corrected chi connectivity index (χ4v) is 4.31. The molecule has 4 nitrogen and oxygen atoms in total. The molecule has 1 N–H and O–H groups in total. The number of nitrogens with one attached hydrogen (secondary N) is 1. The number of hydrogen-bond acceptors (Lipinski definition) is 4. The van der Waals surface area contributed by atoms with Crippen molar-refractivity contribution >= 4 is 11.7 Å². The summed E-state index contributed by atoms with van der Waals surface area (Å²) in [5.74, 6) is 1.37. The Balaban J connectivity index is 1.81. The molecule has 1 aliphatic carbocycles. The highest BCUT2D eigenvalue weighted by atomic mass is 16.5. The second kappa shape index (κ2) is 6.52. The van der Waals surface area contributed by atoms with Crippen molar-refractivity contribution in [3.8, 4) is 5.75 Å². The predicted octanol–water partition coefficient (Wildman–Crippen LogP) is 4.62. The molecule has 0 radical (unpaired) electrons. The van der Waals surface area contributed by atoms with E-state index in [9.17, 15) is 4.79 Å². The highest BCUT2D eigenvalue weighted by Gasteiger charge is 2.39. The number of hydrogen-bond donors (Lipinski definition) is 1. The van der Waals surface area contributed by atoms with Crippen LogP contribution in [0.25, 0.3) is 0 Å². The van der Waals surface area contributed by atoms with Crippen LogP contribution in [0.1, 0.15) is 45.4 Å². The van der Waals surface area contributed by atoms with E-state index in [2.05, 4.69) is 35.7 Å². The molecule has 3 atom stereocenters. The molecule has 0 saturated carbocycles. The summed E-state index contributed by atoms with van der Waals surface area (Å²) in [6.45, 7) is 1.99. The molecule has 0 amide bonds. The molecule has 26 heavy (non-hydrogen) atoms. The van der Waals surface area contributed by atoms with Gasteiger partial charge in [-0.05, 0) is 54.2 Å². The molecule has 0 spiro atoms. The van der Waals surface area contributed by atoms with Crippen molar-refractivity contribution in [1.29, 1.82) is 0 Å². The Morgan fingerprint density at radius 1 is 1.19 bits per heavy atom. The summed E-state index contributed by atoms with van der Waals surface area (Å²) in [5, 5.41) is 3.72. The quantitative estimate of drug-likeness (QED) is 0.649. The summed E-state index contributed by atoms with van der Waals surface area (Å²) >= 11 is 0. The lowest BCUT2D eigenvalue weighted by molar-refractivity contribution is 0.0600. The van der Waals surface area contributed by atoms with Crippen molar-refractivity contribution in [2.45, 2.75) is 25.3 Å². The number of anilines is 1. The topological polar surface area (TPSA) is 47.6 Å². The van der Waals surface area contributed by atoms with Gasteiger partial charge in [0.25, 0.3) is 0 Å². The number of carbonyl (C=O) groups is 1. The molecule has 0 fully saturated rings. The lowest BCUT2D eigenvalue weighted by Crippen LogP contribution is -2.30. The Hall–Kier alpha value is -2.75. The zero-order valence-electron chi connectivity index (χ0n) is 15.3. The molecular formula is C22H23NO3. The van der Waals surface area contributed by atoms with Gasteiger partial charge in [-0.15, -0.1) is 0 Å². The van der Waals surface area contributed by atoms with Gasteiger partial charge in [0, 0.05) is 11.6 Å². The number of ether oxygens (including phenoxy) is 2. The van der Waals surface area contributed by atoms with Crippen molar-refractivity contribution in [2.75, 3.05) is 19.5 Å². The van der Waals surface area contributed by atoms with Gasteiger partial charge in [0.1, 0.15) is 5.75 Å². The minimum absolute atomic E-state index is 0.171. The second-order valence-corrected chi connectivity index (χ2v) is 6.95. The van der Waals surface area contributed by atoms with E-state index in [1.165, 1.54) is 18.2 Å². The third-order valence-corrected chi connectivity index (χ3v) is 5.66. The van der Waals surface area contributed by atoms with E-state index in [-0.39, 0.29) is 12.0 Å². The Morgan fingerprint density at radius 3 is 2.81 bits per heavy atom. The molecular weight excluding hydrogens is 326 g/mol. The van der Waals surface area contributed by atoms with Crippen molar-refractivity contribution in [1.82, 2.24) is 0 Å². The smallest absolute Gasteiger partial charge is 0.338 e. The molecule has 1 heterocycles. The summed E-state index contributed by atoms with van der Waals surface area (Å²) in [6.07, 6.45) is 5.61. The Bertz CT molecular complexity index is 887. The van der Waals surface area contributed by atoms with Crippen LogP contribution in [0.4, 0.5) is 5.69 Å². The highest BCUT2D eigenvalue weighted by Crippen LogP contribution is 2.51. The van der Waals surface area contributed by atoms with Crippen LogP contribution in [0, 0.1) is 12.8 Å². The van der Waals surface area contributed by atoms with Crippen LogP contribution < -0.4 is 10.1 Å². The van der Waals surface area contributed by atoms with Gasteiger partial charge in [-0.3, -0.25) is 0 Å². The zero-order chi connectivity index (χ0) is 18.3. The van der Waals surface area contributed by atoms with Crippen LogP contribution in [-0.2, 0) is 4.74 Å². The summed E-state index contributed by atoms with van der Waals surface area (Å²) < 4.78 is 10.4. The first-order chi connectivity index (χ1) is 12.6. The fourth-order valence-electron chi connectivity index (χ4n) is 4.31. The minimum atomic E-state index is -0.297. The van der Waals surface area contributed by atoms with E-state index >= 15 is 0 Å². The third-order valence-electron chi connectivity index (χ3n) is 5.66. The number of esters is 1. The summed E-state index contributed by atoms with van der Waals surface area (Å²) in [5.41, 5.74) is 5.07. The van der Waals surface area contributed by atoms with Crippen molar-refractivity contribution < 1.29 is 14.3 Å². The molecule has 0 saturated heterocycles.